The van der Waals surface area contributed by atoms with Crippen LogP contribution in [0.2, 0.25) is 0 Å². The van der Waals surface area contributed by atoms with E-state index in [1.54, 1.807) is 27.4 Å². The topological polar surface area (TPSA) is 60.0 Å². The van der Waals surface area contributed by atoms with E-state index in [1.165, 1.54) is 33.7 Å². The monoisotopic (exact) mass is 478 g/mol. The Labute approximate surface area is 204 Å². The first-order valence-corrected chi connectivity index (χ1v) is 12.5. The Morgan fingerprint density at radius 2 is 1.74 bits per heavy atom. The normalized spacial score (nSPS) is 16.9. The number of benzene rings is 2. The number of hydrogen-bond acceptors (Lipinski definition) is 5. The van der Waals surface area contributed by atoms with Crippen LogP contribution < -0.4 is 19.5 Å². The van der Waals surface area contributed by atoms with E-state index in [0.717, 1.165) is 30.6 Å². The number of carbonyl (C=O) groups is 1. The zero-order valence-corrected chi connectivity index (χ0v) is 20.7. The number of rotatable bonds is 5. The fraction of sp³-hybridized carbons (Fsp3) is 0.370. The summed E-state index contributed by atoms with van der Waals surface area (Å²) in [6.07, 6.45) is 5.65. The Bertz CT molecular complexity index is 1210. The molecule has 1 aromatic heterocycles. The van der Waals surface area contributed by atoms with Crippen LogP contribution in [-0.2, 0) is 19.3 Å². The van der Waals surface area contributed by atoms with E-state index in [2.05, 4.69) is 11.4 Å². The summed E-state index contributed by atoms with van der Waals surface area (Å²) in [5.74, 6) is 2.03. The molecule has 1 atom stereocenters. The van der Waals surface area contributed by atoms with E-state index in [1.807, 2.05) is 46.6 Å². The average Bonchev–Trinajstić information content (AvgIpc) is 3.27. The summed E-state index contributed by atoms with van der Waals surface area (Å²) in [6.45, 7) is 0.642. The number of ether oxygens (including phenoxy) is 3. The van der Waals surface area contributed by atoms with Gasteiger partial charge in [-0.25, -0.2) is 4.79 Å². The van der Waals surface area contributed by atoms with Crippen molar-refractivity contribution in [3.8, 4) is 17.2 Å². The highest BCUT2D eigenvalue weighted by Crippen LogP contribution is 2.47. The molecule has 5 rings (SSSR count). The third kappa shape index (κ3) is 3.98. The minimum absolute atomic E-state index is 0.156. The fourth-order valence-electron chi connectivity index (χ4n) is 5.16. The summed E-state index contributed by atoms with van der Waals surface area (Å²) >= 11 is 1.88. The molecule has 0 fully saturated rings. The number of aryl methyl sites for hydroxylation is 1. The molecule has 0 unspecified atom stereocenters. The van der Waals surface area contributed by atoms with E-state index in [4.69, 9.17) is 14.2 Å². The van der Waals surface area contributed by atoms with E-state index in [9.17, 15) is 4.79 Å². The summed E-state index contributed by atoms with van der Waals surface area (Å²) < 4.78 is 16.5. The molecule has 0 spiro atoms. The van der Waals surface area contributed by atoms with Crippen LogP contribution in [0.1, 0.15) is 45.3 Å². The van der Waals surface area contributed by atoms with Gasteiger partial charge in [-0.05, 0) is 61.4 Å². The number of para-hydroxylation sites is 1. The molecule has 2 aromatic carbocycles. The predicted octanol–water partition coefficient (Wildman–Crippen LogP) is 5.83. The maximum Gasteiger partial charge on any atom is 0.322 e. The van der Waals surface area contributed by atoms with Gasteiger partial charge < -0.3 is 24.4 Å². The molecule has 7 heteroatoms. The van der Waals surface area contributed by atoms with Crippen molar-refractivity contribution < 1.29 is 19.0 Å². The molecule has 178 valence electrons. The highest BCUT2D eigenvalue weighted by molar-refractivity contribution is 7.12. The Morgan fingerprint density at radius 1 is 0.941 bits per heavy atom. The molecule has 2 amide bonds. The van der Waals surface area contributed by atoms with Gasteiger partial charge in [-0.15, -0.1) is 11.3 Å². The summed E-state index contributed by atoms with van der Waals surface area (Å²) in [5, 5.41) is 3.08. The first kappa shape index (κ1) is 22.6. The molecule has 0 bridgehead atoms. The van der Waals surface area contributed by atoms with Crippen molar-refractivity contribution in [2.45, 2.75) is 38.1 Å². The third-order valence-electron chi connectivity index (χ3n) is 6.82. The lowest BCUT2D eigenvalue weighted by molar-refractivity contribution is 0.194. The van der Waals surface area contributed by atoms with Crippen LogP contribution in [0.15, 0.2) is 42.5 Å². The molecule has 1 aliphatic heterocycles. The van der Waals surface area contributed by atoms with Gasteiger partial charge in [0.2, 0.25) is 0 Å². The first-order chi connectivity index (χ1) is 16.6. The second-order valence-corrected chi connectivity index (χ2v) is 9.77. The van der Waals surface area contributed by atoms with Crippen molar-refractivity contribution in [1.29, 1.82) is 0 Å². The van der Waals surface area contributed by atoms with Gasteiger partial charge in [-0.3, -0.25) is 0 Å². The van der Waals surface area contributed by atoms with Crippen molar-refractivity contribution >= 4 is 23.1 Å². The largest absolute Gasteiger partial charge is 0.497 e. The number of hydrogen-bond donors (Lipinski definition) is 1. The average molecular weight is 479 g/mol. The van der Waals surface area contributed by atoms with Gasteiger partial charge in [0.05, 0.1) is 33.1 Å². The number of carbonyl (C=O) groups excluding carboxylic acids is 1. The Morgan fingerprint density at radius 3 is 2.53 bits per heavy atom. The Hall–Kier alpha value is -3.19. The molecular weight excluding hydrogens is 448 g/mol. The van der Waals surface area contributed by atoms with Gasteiger partial charge in [0.15, 0.2) is 0 Å². The molecule has 0 saturated heterocycles. The molecule has 34 heavy (non-hydrogen) atoms. The second-order valence-electron chi connectivity index (χ2n) is 8.64. The van der Waals surface area contributed by atoms with Crippen LogP contribution in [0.3, 0.4) is 0 Å². The Balaban J connectivity index is 1.55. The summed E-state index contributed by atoms with van der Waals surface area (Å²) in [6, 6.07) is 13.1. The molecule has 2 aliphatic rings. The summed E-state index contributed by atoms with van der Waals surface area (Å²) in [5.41, 5.74) is 4.61. The lowest BCUT2D eigenvalue weighted by atomic mass is 9.88. The summed E-state index contributed by atoms with van der Waals surface area (Å²) in [4.78, 5) is 18.4. The molecule has 1 aliphatic carbocycles. The molecule has 3 aromatic rings. The lowest BCUT2D eigenvalue weighted by Gasteiger charge is -2.37. The van der Waals surface area contributed by atoms with Crippen LogP contribution in [0.5, 0.6) is 17.2 Å². The van der Waals surface area contributed by atoms with Crippen molar-refractivity contribution in [2.24, 2.45) is 0 Å². The molecule has 0 radical (unpaired) electrons. The standard InChI is InChI=1S/C27H30N2O4S/c1-31-17-12-13-21(23(16-17)33-3)28-27(30)29-15-14-19-18-8-5-7-11-24(18)34-26(19)25(29)20-9-4-6-10-22(20)32-2/h4,6,9-10,12-13,16,25H,5,7-8,11,14-15H2,1-3H3,(H,28,30)/t25-/m1/s1. The van der Waals surface area contributed by atoms with Gasteiger partial charge in [-0.2, -0.15) is 0 Å². The van der Waals surface area contributed by atoms with Gasteiger partial charge in [-0.1, -0.05) is 18.2 Å². The van der Waals surface area contributed by atoms with E-state index in [0.29, 0.717) is 23.7 Å². The quantitative estimate of drug-likeness (QED) is 0.501. The molecule has 0 saturated carbocycles. The van der Waals surface area contributed by atoms with Gasteiger partial charge in [0.1, 0.15) is 17.2 Å². The minimum Gasteiger partial charge on any atom is -0.497 e. The van der Waals surface area contributed by atoms with Crippen molar-refractivity contribution in [3.05, 3.63) is 68.9 Å². The number of amides is 2. The smallest absolute Gasteiger partial charge is 0.322 e. The Kier molecular flexibility index (Phi) is 6.37. The van der Waals surface area contributed by atoms with Crippen molar-refractivity contribution in [3.63, 3.8) is 0 Å². The van der Waals surface area contributed by atoms with E-state index < -0.39 is 0 Å². The number of anilines is 1. The molecule has 6 nitrogen and oxygen atoms in total. The SMILES string of the molecule is COc1ccc(NC(=O)N2CCc3c(sc4c3CCCC4)[C@H]2c2ccccc2OC)c(OC)c1. The number of methoxy groups -OCH3 is 3. The van der Waals surface area contributed by atoms with Gasteiger partial charge in [0.25, 0.3) is 0 Å². The van der Waals surface area contributed by atoms with Gasteiger partial charge >= 0.3 is 6.03 Å². The lowest BCUT2D eigenvalue weighted by Crippen LogP contribution is -2.42. The zero-order valence-electron chi connectivity index (χ0n) is 19.8. The summed E-state index contributed by atoms with van der Waals surface area (Å²) in [7, 11) is 4.89. The zero-order chi connectivity index (χ0) is 23.7. The highest BCUT2D eigenvalue weighted by atomic mass is 32.1. The molecular formula is C27H30N2O4S. The first-order valence-electron chi connectivity index (χ1n) is 11.7. The van der Waals surface area contributed by atoms with Crippen molar-refractivity contribution in [1.82, 2.24) is 4.90 Å². The highest BCUT2D eigenvalue weighted by Gasteiger charge is 2.38. The molecule has 1 N–H and O–H groups in total. The van der Waals surface area contributed by atoms with Crippen molar-refractivity contribution in [2.75, 3.05) is 33.2 Å². The number of fused-ring (bicyclic) bond motifs is 3. The van der Waals surface area contributed by atoms with Crippen LogP contribution in [0.25, 0.3) is 0 Å². The van der Waals surface area contributed by atoms with E-state index >= 15 is 0 Å². The molecule has 2 heterocycles. The maximum absolute atomic E-state index is 13.7. The van der Waals surface area contributed by atoms with E-state index in [-0.39, 0.29) is 12.1 Å². The third-order valence-corrected chi connectivity index (χ3v) is 8.21. The minimum atomic E-state index is -0.195. The fourth-order valence-corrected chi connectivity index (χ4v) is 6.73. The predicted molar refractivity (Wildman–Crippen MR) is 135 cm³/mol. The second kappa shape index (κ2) is 9.58. The number of thiophene rings is 1. The van der Waals surface area contributed by atoms with Crippen LogP contribution in [-0.4, -0.2) is 38.8 Å². The van der Waals surface area contributed by atoms with Crippen LogP contribution >= 0.6 is 11.3 Å². The number of nitrogens with one attached hydrogen (secondary N) is 1. The van der Waals surface area contributed by atoms with Crippen LogP contribution in [0.4, 0.5) is 10.5 Å². The maximum atomic E-state index is 13.7. The van der Waals surface area contributed by atoms with Gasteiger partial charge in [0, 0.05) is 27.9 Å². The number of nitrogens with zero attached hydrogens (tertiary/aromatic N) is 1. The van der Waals surface area contributed by atoms with Crippen LogP contribution in [0, 0.1) is 0 Å². The number of urea groups is 1.